The molecular weight excluding hydrogens is 359 g/mol. The van der Waals surface area contributed by atoms with Crippen LogP contribution in [-0.2, 0) is 10.0 Å². The third-order valence-electron chi connectivity index (χ3n) is 5.18. The van der Waals surface area contributed by atoms with Gasteiger partial charge in [-0.2, -0.15) is 19.3 Å². The van der Waals surface area contributed by atoms with Crippen LogP contribution >= 0.6 is 0 Å². The van der Waals surface area contributed by atoms with Crippen molar-refractivity contribution in [3.63, 3.8) is 0 Å². The first kappa shape index (κ1) is 17.4. The number of ether oxygens (including phenoxy) is 1. The fourth-order valence-electron chi connectivity index (χ4n) is 4.14. The van der Waals surface area contributed by atoms with E-state index in [0.29, 0.717) is 19.4 Å². The summed E-state index contributed by atoms with van der Waals surface area (Å²) in [6.07, 6.45) is 6.22. The van der Waals surface area contributed by atoms with Crippen molar-refractivity contribution in [3.05, 3.63) is 36.4 Å². The molecule has 3 heterocycles. The lowest BCUT2D eigenvalue weighted by atomic mass is 10.0. The van der Waals surface area contributed by atoms with E-state index in [4.69, 9.17) is 4.74 Å². The SMILES string of the molecule is CCOc1ccc(S(=O)(=O)N2C3CCC2CC(n2nccn2)C3)cc1F. The molecule has 2 aromatic rings. The Morgan fingerprint density at radius 1 is 1.15 bits per heavy atom. The molecule has 0 saturated carbocycles. The molecule has 9 heteroatoms. The van der Waals surface area contributed by atoms with Crippen LogP contribution in [0.1, 0.15) is 38.6 Å². The largest absolute Gasteiger partial charge is 0.491 e. The zero-order chi connectivity index (χ0) is 18.3. The molecule has 1 aromatic heterocycles. The lowest BCUT2D eigenvalue weighted by molar-refractivity contribution is 0.174. The van der Waals surface area contributed by atoms with Crippen LogP contribution in [-0.4, -0.2) is 46.4 Å². The van der Waals surface area contributed by atoms with E-state index in [2.05, 4.69) is 10.2 Å². The molecule has 140 valence electrons. The molecule has 2 aliphatic rings. The van der Waals surface area contributed by atoms with Crippen molar-refractivity contribution in [3.8, 4) is 5.75 Å². The monoisotopic (exact) mass is 380 g/mol. The lowest BCUT2D eigenvalue weighted by Crippen LogP contribution is -2.47. The summed E-state index contributed by atoms with van der Waals surface area (Å²) in [6, 6.07) is 3.75. The maximum absolute atomic E-state index is 14.2. The first-order valence-corrected chi connectivity index (χ1v) is 10.3. The molecule has 4 rings (SSSR count). The highest BCUT2D eigenvalue weighted by Gasteiger charge is 2.48. The summed E-state index contributed by atoms with van der Waals surface area (Å²) >= 11 is 0. The van der Waals surface area contributed by atoms with Crippen LogP contribution in [0.5, 0.6) is 5.75 Å². The van der Waals surface area contributed by atoms with Gasteiger partial charge in [-0.15, -0.1) is 0 Å². The van der Waals surface area contributed by atoms with Crippen LogP contribution in [0.3, 0.4) is 0 Å². The minimum Gasteiger partial charge on any atom is -0.491 e. The van der Waals surface area contributed by atoms with Crippen LogP contribution in [0.15, 0.2) is 35.5 Å². The van der Waals surface area contributed by atoms with Crippen LogP contribution in [0.4, 0.5) is 4.39 Å². The Kier molecular flexibility index (Phi) is 4.44. The van der Waals surface area contributed by atoms with E-state index >= 15 is 0 Å². The van der Waals surface area contributed by atoms with Gasteiger partial charge in [-0.05, 0) is 50.8 Å². The predicted octanol–water partition coefficient (Wildman–Crippen LogP) is 2.37. The molecule has 7 nitrogen and oxygen atoms in total. The van der Waals surface area contributed by atoms with Gasteiger partial charge >= 0.3 is 0 Å². The van der Waals surface area contributed by atoms with Gasteiger partial charge in [0, 0.05) is 12.1 Å². The zero-order valence-corrected chi connectivity index (χ0v) is 15.3. The van der Waals surface area contributed by atoms with Gasteiger partial charge in [0.2, 0.25) is 10.0 Å². The van der Waals surface area contributed by atoms with Gasteiger partial charge in [0.15, 0.2) is 11.6 Å². The molecular formula is C17H21FN4O3S. The highest BCUT2D eigenvalue weighted by atomic mass is 32.2. The number of halogens is 1. The molecule has 2 saturated heterocycles. The van der Waals surface area contributed by atoms with Crippen molar-refractivity contribution in [2.75, 3.05) is 6.61 Å². The molecule has 0 spiro atoms. The molecule has 2 atom stereocenters. The van der Waals surface area contributed by atoms with E-state index in [1.807, 2.05) is 0 Å². The quantitative estimate of drug-likeness (QED) is 0.796. The summed E-state index contributed by atoms with van der Waals surface area (Å²) < 4.78 is 47.2. The van der Waals surface area contributed by atoms with Gasteiger partial charge in [0.25, 0.3) is 0 Å². The Morgan fingerprint density at radius 3 is 2.38 bits per heavy atom. The molecule has 2 unspecified atom stereocenters. The number of nitrogens with zero attached hydrogens (tertiary/aromatic N) is 4. The highest BCUT2D eigenvalue weighted by molar-refractivity contribution is 7.89. The molecule has 0 N–H and O–H groups in total. The number of rotatable bonds is 5. The predicted molar refractivity (Wildman–Crippen MR) is 91.7 cm³/mol. The van der Waals surface area contributed by atoms with Gasteiger partial charge in [-0.3, -0.25) is 0 Å². The van der Waals surface area contributed by atoms with Crippen molar-refractivity contribution >= 4 is 10.0 Å². The molecule has 0 amide bonds. The first-order chi connectivity index (χ1) is 12.5. The Morgan fingerprint density at radius 2 is 1.81 bits per heavy atom. The van der Waals surface area contributed by atoms with Gasteiger partial charge < -0.3 is 4.74 Å². The average Bonchev–Trinajstić information content (AvgIpc) is 3.24. The van der Waals surface area contributed by atoms with Crippen LogP contribution in [0.25, 0.3) is 0 Å². The molecule has 0 radical (unpaired) electrons. The Hall–Kier alpha value is -2.00. The van der Waals surface area contributed by atoms with Gasteiger partial charge in [0.1, 0.15) is 0 Å². The van der Waals surface area contributed by atoms with Gasteiger partial charge in [0.05, 0.1) is 29.9 Å². The average molecular weight is 380 g/mol. The van der Waals surface area contributed by atoms with Crippen molar-refractivity contribution in [2.24, 2.45) is 0 Å². The van der Waals surface area contributed by atoms with E-state index in [1.165, 1.54) is 12.1 Å². The molecule has 26 heavy (non-hydrogen) atoms. The minimum absolute atomic E-state index is 0.0222. The number of sulfonamides is 1. The third kappa shape index (κ3) is 2.88. The van der Waals surface area contributed by atoms with Crippen molar-refractivity contribution in [1.29, 1.82) is 0 Å². The fraction of sp³-hybridized carbons (Fsp3) is 0.529. The maximum Gasteiger partial charge on any atom is 0.243 e. The summed E-state index contributed by atoms with van der Waals surface area (Å²) in [6.45, 7) is 2.07. The molecule has 0 aliphatic carbocycles. The van der Waals surface area contributed by atoms with Crippen LogP contribution in [0.2, 0.25) is 0 Å². The molecule has 2 fully saturated rings. The van der Waals surface area contributed by atoms with Crippen molar-refractivity contribution in [2.45, 2.75) is 55.6 Å². The minimum atomic E-state index is -3.76. The topological polar surface area (TPSA) is 77.3 Å². The normalized spacial score (nSPS) is 26.2. The summed E-state index contributed by atoms with van der Waals surface area (Å²) in [5.74, 6) is -0.589. The van der Waals surface area contributed by atoms with Crippen molar-refractivity contribution < 1.29 is 17.5 Å². The summed E-state index contributed by atoms with van der Waals surface area (Å²) in [5.41, 5.74) is 0. The van der Waals surface area contributed by atoms with Gasteiger partial charge in [-0.25, -0.2) is 12.8 Å². The van der Waals surface area contributed by atoms with E-state index < -0.39 is 15.8 Å². The van der Waals surface area contributed by atoms with Crippen LogP contribution < -0.4 is 4.74 Å². The fourth-order valence-corrected chi connectivity index (χ4v) is 6.04. The maximum atomic E-state index is 14.2. The number of benzene rings is 1. The summed E-state index contributed by atoms with van der Waals surface area (Å²) in [4.78, 5) is 1.65. The van der Waals surface area contributed by atoms with E-state index in [-0.39, 0.29) is 28.8 Å². The zero-order valence-electron chi connectivity index (χ0n) is 14.5. The highest BCUT2D eigenvalue weighted by Crippen LogP contribution is 2.43. The number of hydrogen-bond donors (Lipinski definition) is 0. The van der Waals surface area contributed by atoms with Gasteiger partial charge in [-0.1, -0.05) is 0 Å². The second-order valence-corrected chi connectivity index (χ2v) is 8.56. The van der Waals surface area contributed by atoms with E-state index in [0.717, 1.165) is 18.9 Å². The first-order valence-electron chi connectivity index (χ1n) is 8.82. The summed E-state index contributed by atoms with van der Waals surface area (Å²) in [5, 5.41) is 8.39. The Labute approximate surface area is 151 Å². The second-order valence-electron chi connectivity index (χ2n) is 6.72. The number of fused-ring (bicyclic) bond motifs is 2. The summed E-state index contributed by atoms with van der Waals surface area (Å²) in [7, 11) is -3.76. The number of hydrogen-bond acceptors (Lipinski definition) is 5. The van der Waals surface area contributed by atoms with Crippen molar-refractivity contribution in [1.82, 2.24) is 19.3 Å². The second kappa shape index (κ2) is 6.62. The molecule has 2 aliphatic heterocycles. The van der Waals surface area contributed by atoms with E-state index in [1.54, 1.807) is 28.4 Å². The Bertz CT molecular complexity index is 873. The molecule has 2 bridgehead atoms. The third-order valence-corrected chi connectivity index (χ3v) is 7.18. The number of aromatic nitrogens is 3. The smallest absolute Gasteiger partial charge is 0.243 e. The van der Waals surface area contributed by atoms with E-state index in [9.17, 15) is 12.8 Å². The molecule has 1 aromatic carbocycles. The standard InChI is InChI=1S/C17H21FN4O3S/c1-2-25-17-6-5-15(11-16(17)18)26(23,24)21-12-3-4-13(21)10-14(9-12)22-19-7-8-20-22/h5-8,11-14H,2-4,9-10H2,1H3. The Balaban J connectivity index is 1.60. The lowest BCUT2D eigenvalue weighted by Gasteiger charge is -2.37. The van der Waals surface area contributed by atoms with Crippen LogP contribution in [0, 0.1) is 5.82 Å². The number of piperidine rings is 1.